The number of hydrogen-bond acceptors (Lipinski definition) is 5. The van der Waals surface area contributed by atoms with Crippen LogP contribution < -0.4 is 4.90 Å². The van der Waals surface area contributed by atoms with Gasteiger partial charge in [0.2, 0.25) is 0 Å². The van der Waals surface area contributed by atoms with Gasteiger partial charge in [-0.3, -0.25) is 4.90 Å². The van der Waals surface area contributed by atoms with Gasteiger partial charge in [0, 0.05) is 73.2 Å². The monoisotopic (exact) mass is 382 g/mol. The normalized spacial score (nSPS) is 16.6. The van der Waals surface area contributed by atoms with Crippen molar-refractivity contribution >= 4 is 17.0 Å². The fraction of sp³-hybridized carbons (Fsp3) is 0.381. The highest BCUT2D eigenvalue weighted by Crippen LogP contribution is 2.30. The third-order valence-electron chi connectivity index (χ3n) is 5.22. The van der Waals surface area contributed by atoms with Crippen LogP contribution in [0, 0.1) is 6.92 Å². The van der Waals surface area contributed by atoms with Crippen molar-refractivity contribution in [2.75, 3.05) is 31.1 Å². The minimum Gasteiger partial charge on any atom is -0.380 e. The molecule has 5 nitrogen and oxygen atoms in total. The second-order valence-electron chi connectivity index (χ2n) is 7.13. The highest BCUT2D eigenvalue weighted by molar-refractivity contribution is 7.11. The fourth-order valence-corrected chi connectivity index (χ4v) is 4.66. The van der Waals surface area contributed by atoms with Gasteiger partial charge in [0.15, 0.2) is 0 Å². The number of benzene rings is 1. The maximum Gasteiger partial charge on any atom is 0.142 e. The average molecular weight is 383 g/mol. The Morgan fingerprint density at radius 1 is 1.11 bits per heavy atom. The summed E-state index contributed by atoms with van der Waals surface area (Å²) in [6.45, 7) is 7.19. The highest BCUT2D eigenvalue weighted by atomic mass is 32.1. The molecule has 6 heteroatoms. The van der Waals surface area contributed by atoms with E-state index in [1.165, 1.54) is 9.75 Å². The van der Waals surface area contributed by atoms with Crippen LogP contribution in [0.15, 0.2) is 48.8 Å². The number of para-hydroxylation sites is 1. The van der Waals surface area contributed by atoms with E-state index in [4.69, 9.17) is 0 Å². The quantitative estimate of drug-likeness (QED) is 0.736. The molecular weight excluding hydrogens is 356 g/mol. The topological polar surface area (TPSA) is 44.5 Å². The number of aliphatic hydroxyl groups is 1. The van der Waals surface area contributed by atoms with Crippen molar-refractivity contribution < 1.29 is 5.11 Å². The molecule has 1 fully saturated rings. The summed E-state index contributed by atoms with van der Waals surface area (Å²) in [6.07, 6.45) is 2.88. The van der Waals surface area contributed by atoms with E-state index >= 15 is 0 Å². The van der Waals surface area contributed by atoms with Crippen molar-refractivity contribution in [1.29, 1.82) is 0 Å². The van der Waals surface area contributed by atoms with Gasteiger partial charge < -0.3 is 14.6 Å². The van der Waals surface area contributed by atoms with Crippen LogP contribution in [0.4, 0.5) is 5.69 Å². The van der Waals surface area contributed by atoms with Gasteiger partial charge in [-0.2, -0.15) is 0 Å². The zero-order chi connectivity index (χ0) is 18.8. The van der Waals surface area contributed by atoms with Crippen LogP contribution in [0.3, 0.4) is 0 Å². The summed E-state index contributed by atoms with van der Waals surface area (Å²) in [5.74, 6) is 0.675. The van der Waals surface area contributed by atoms with Crippen LogP contribution in [0.25, 0.3) is 0 Å². The lowest BCUT2D eigenvalue weighted by atomic mass is 10.0. The first-order valence-corrected chi connectivity index (χ1v) is 10.2. The van der Waals surface area contributed by atoms with Crippen LogP contribution >= 0.6 is 11.3 Å². The number of thiophene rings is 1. The summed E-state index contributed by atoms with van der Waals surface area (Å²) in [6, 6.07) is 12.6. The second kappa shape index (κ2) is 7.84. The van der Waals surface area contributed by atoms with E-state index < -0.39 is 6.10 Å². The molecule has 1 aromatic carbocycles. The maximum absolute atomic E-state index is 10.9. The Balaban J connectivity index is 1.46. The molecule has 1 aliphatic rings. The van der Waals surface area contributed by atoms with Crippen molar-refractivity contribution in [2.45, 2.75) is 19.6 Å². The molecule has 1 saturated heterocycles. The zero-order valence-corrected chi connectivity index (χ0v) is 16.7. The van der Waals surface area contributed by atoms with E-state index in [1.54, 1.807) is 6.20 Å². The van der Waals surface area contributed by atoms with Crippen molar-refractivity contribution in [3.05, 3.63) is 69.9 Å². The van der Waals surface area contributed by atoms with Crippen LogP contribution in [0.2, 0.25) is 0 Å². The molecular formula is C21H26N4OS. The number of imidazole rings is 1. The van der Waals surface area contributed by atoms with E-state index in [1.807, 2.05) is 47.3 Å². The molecule has 0 aliphatic carbocycles. The number of nitrogens with zero attached hydrogens (tertiary/aromatic N) is 4. The molecule has 0 saturated carbocycles. The summed E-state index contributed by atoms with van der Waals surface area (Å²) < 4.78 is 1.88. The maximum atomic E-state index is 10.9. The number of aryl methyl sites for hydroxylation is 2. The molecule has 0 spiro atoms. The standard InChI is InChI=1S/C21H26N4OS/c1-16-7-8-17(27-16)15-24-11-13-25(14-12-24)19-6-4-3-5-18(19)20(26)21-22-9-10-23(21)2/h3-10,20,26H,11-15H2,1-2H3/t20-/m1/s1. The molecule has 3 heterocycles. The van der Waals surface area contributed by atoms with E-state index in [9.17, 15) is 5.11 Å². The molecule has 4 rings (SSSR count). The molecule has 27 heavy (non-hydrogen) atoms. The lowest BCUT2D eigenvalue weighted by Gasteiger charge is -2.37. The van der Waals surface area contributed by atoms with Gasteiger partial charge in [0.05, 0.1) is 0 Å². The minimum atomic E-state index is -0.715. The summed E-state index contributed by atoms with van der Waals surface area (Å²) in [7, 11) is 1.92. The predicted octanol–water partition coefficient (Wildman–Crippen LogP) is 3.19. The molecule has 1 aliphatic heterocycles. The van der Waals surface area contributed by atoms with Crippen molar-refractivity contribution in [2.24, 2.45) is 7.05 Å². The van der Waals surface area contributed by atoms with Crippen molar-refractivity contribution in [3.63, 3.8) is 0 Å². The molecule has 2 aromatic heterocycles. The molecule has 0 amide bonds. The summed E-state index contributed by atoms with van der Waals surface area (Å²) in [5, 5.41) is 10.9. The number of aromatic nitrogens is 2. The fourth-order valence-electron chi connectivity index (χ4n) is 3.72. The average Bonchev–Trinajstić information content (AvgIpc) is 3.30. The summed E-state index contributed by atoms with van der Waals surface area (Å²) in [4.78, 5) is 12.0. The SMILES string of the molecule is Cc1ccc(CN2CCN(c3ccccc3[C@@H](O)c3nccn3C)CC2)s1. The lowest BCUT2D eigenvalue weighted by Crippen LogP contribution is -2.46. The number of anilines is 1. The first-order chi connectivity index (χ1) is 13.1. The van der Waals surface area contributed by atoms with E-state index in [2.05, 4.69) is 39.9 Å². The van der Waals surface area contributed by atoms with E-state index in [0.29, 0.717) is 5.82 Å². The lowest BCUT2D eigenvalue weighted by molar-refractivity contribution is 0.205. The summed E-state index contributed by atoms with van der Waals surface area (Å²) in [5.41, 5.74) is 2.04. The molecule has 0 bridgehead atoms. The smallest absolute Gasteiger partial charge is 0.142 e. The Morgan fingerprint density at radius 2 is 1.89 bits per heavy atom. The molecule has 0 unspecified atom stereocenters. The third-order valence-corrected chi connectivity index (χ3v) is 6.21. The van der Waals surface area contributed by atoms with Gasteiger partial charge in [-0.15, -0.1) is 11.3 Å². The van der Waals surface area contributed by atoms with Crippen LogP contribution in [0.5, 0.6) is 0 Å². The summed E-state index contributed by atoms with van der Waals surface area (Å²) >= 11 is 1.89. The van der Waals surface area contributed by atoms with Crippen molar-refractivity contribution in [1.82, 2.24) is 14.5 Å². The van der Waals surface area contributed by atoms with Crippen LogP contribution in [0.1, 0.15) is 27.2 Å². The van der Waals surface area contributed by atoms with Crippen LogP contribution in [-0.4, -0.2) is 45.7 Å². The van der Waals surface area contributed by atoms with Gasteiger partial charge in [-0.1, -0.05) is 18.2 Å². The molecule has 3 aromatic rings. The Kier molecular flexibility index (Phi) is 5.29. The molecule has 1 N–H and O–H groups in total. The van der Waals surface area contributed by atoms with Gasteiger partial charge in [0.1, 0.15) is 11.9 Å². The van der Waals surface area contributed by atoms with E-state index in [-0.39, 0.29) is 0 Å². The Labute approximate surface area is 164 Å². The molecule has 0 radical (unpaired) electrons. The number of rotatable bonds is 5. The number of hydrogen-bond donors (Lipinski definition) is 1. The minimum absolute atomic E-state index is 0.675. The number of piperazine rings is 1. The van der Waals surface area contributed by atoms with Gasteiger partial charge >= 0.3 is 0 Å². The van der Waals surface area contributed by atoms with Gasteiger partial charge in [0.25, 0.3) is 0 Å². The second-order valence-corrected chi connectivity index (χ2v) is 8.51. The number of aliphatic hydroxyl groups excluding tert-OH is 1. The Morgan fingerprint density at radius 3 is 2.56 bits per heavy atom. The first kappa shape index (κ1) is 18.2. The third kappa shape index (κ3) is 3.93. The molecule has 142 valence electrons. The predicted molar refractivity (Wildman–Crippen MR) is 110 cm³/mol. The Bertz CT molecular complexity index is 895. The molecule has 1 atom stereocenters. The van der Waals surface area contributed by atoms with Gasteiger partial charge in [-0.05, 0) is 25.1 Å². The van der Waals surface area contributed by atoms with E-state index in [0.717, 1.165) is 44.0 Å². The zero-order valence-electron chi connectivity index (χ0n) is 15.9. The first-order valence-electron chi connectivity index (χ1n) is 9.38. The van der Waals surface area contributed by atoms with Crippen molar-refractivity contribution in [3.8, 4) is 0 Å². The largest absolute Gasteiger partial charge is 0.380 e. The van der Waals surface area contributed by atoms with Gasteiger partial charge in [-0.25, -0.2) is 4.98 Å². The Hall–Kier alpha value is -2.15. The van der Waals surface area contributed by atoms with Crippen LogP contribution in [-0.2, 0) is 13.6 Å². The highest BCUT2D eigenvalue weighted by Gasteiger charge is 2.24.